The van der Waals surface area contributed by atoms with Gasteiger partial charge in [0.1, 0.15) is 11.2 Å². The number of carbonyl (C=O) groups is 6. The van der Waals surface area contributed by atoms with E-state index in [-0.39, 0.29) is 171 Å². The molecule has 9 aliphatic rings. The van der Waals surface area contributed by atoms with Crippen LogP contribution in [0.25, 0.3) is 0 Å². The number of benzene rings is 3. The number of hydrogen-bond acceptors (Lipinski definition) is 19. The maximum absolute atomic E-state index is 12.8. The molecule has 3 aromatic rings. The largest absolute Gasteiger partial charge is 1.00 e. The molecule has 4 bridgehead atoms. The monoisotopic (exact) mass is 1290 g/mol. The van der Waals surface area contributed by atoms with Crippen molar-refractivity contribution < 1.29 is 196 Å². The summed E-state index contributed by atoms with van der Waals surface area (Å²) in [6, 6.07) is 9.34. The van der Waals surface area contributed by atoms with E-state index in [0.717, 1.165) is 54.1 Å². The van der Waals surface area contributed by atoms with Crippen molar-refractivity contribution in [3.8, 4) is 5.75 Å². The van der Waals surface area contributed by atoms with Gasteiger partial charge in [0.25, 0.3) is 0 Å². The van der Waals surface area contributed by atoms with Crippen molar-refractivity contribution in [2.75, 3.05) is 0 Å². The number of rotatable bonds is 12. The van der Waals surface area contributed by atoms with Crippen LogP contribution in [0, 0.1) is 59.7 Å². The number of aldehydes is 1. The van der Waals surface area contributed by atoms with Gasteiger partial charge in [-0.15, -0.1) is 0 Å². The Bertz CT molecular complexity index is 3060. The van der Waals surface area contributed by atoms with Gasteiger partial charge in [-0.05, 0) is 195 Å². The quantitative estimate of drug-likeness (QED) is 0.0933. The zero-order valence-corrected chi connectivity index (χ0v) is 60.2. The van der Waals surface area contributed by atoms with Crippen molar-refractivity contribution in [2.45, 2.75) is 210 Å². The predicted molar refractivity (Wildman–Crippen MR) is 310 cm³/mol. The fourth-order valence-corrected chi connectivity index (χ4v) is 14.2. The van der Waals surface area contributed by atoms with Gasteiger partial charge in [0, 0.05) is 16.7 Å². The number of fused-ring (bicyclic) bond motifs is 1. The molecule has 89 heavy (non-hydrogen) atoms. The first kappa shape index (κ1) is 82.7. The van der Waals surface area contributed by atoms with E-state index in [1.165, 1.54) is 25.0 Å². The maximum Gasteiger partial charge on any atom is 1.00 e. The third-order valence-corrected chi connectivity index (χ3v) is 18.8. The van der Waals surface area contributed by atoms with Gasteiger partial charge in [0.15, 0.2) is 6.29 Å². The summed E-state index contributed by atoms with van der Waals surface area (Å²) in [4.78, 5) is 70.6. The number of aromatic carboxylic acids is 3. The molecule has 6 unspecified atom stereocenters. The second-order valence-corrected chi connectivity index (χ2v) is 27.1. The molecule has 27 heteroatoms. The second-order valence-electron chi connectivity index (χ2n) is 27.0. The molecule has 20 nitrogen and oxygen atoms in total. The van der Waals surface area contributed by atoms with Crippen LogP contribution < -0.4 is 113 Å². The van der Waals surface area contributed by atoms with Crippen molar-refractivity contribution in [3.63, 3.8) is 0 Å². The number of carboxylic acids is 3. The van der Waals surface area contributed by atoms with Crippen LogP contribution >= 0.6 is 0 Å². The van der Waals surface area contributed by atoms with E-state index in [0.29, 0.717) is 70.0 Å². The first-order valence-corrected chi connectivity index (χ1v) is 29.3. The zero-order chi connectivity index (χ0) is 62.6. The number of halogens is 1. The van der Waals surface area contributed by atoms with Crippen LogP contribution in [0.15, 0.2) is 36.4 Å². The molecule has 12 rings (SSSR count). The van der Waals surface area contributed by atoms with Crippen molar-refractivity contribution in [3.05, 3.63) is 97.6 Å². The van der Waals surface area contributed by atoms with Crippen LogP contribution in [0.5, 0.6) is 5.75 Å². The average molecular weight is 1290 g/mol. The minimum absolute atomic E-state index is 0. The number of hydrogen-bond donors (Lipinski definition) is 3. The average Bonchev–Trinajstić information content (AvgIpc) is 1.70. The van der Waals surface area contributed by atoms with Crippen LogP contribution in [-0.4, -0.2) is 107 Å². The Hall–Kier alpha value is -2.36. The molecular weight excluding hydrogens is 1200 g/mol. The van der Waals surface area contributed by atoms with Crippen LogP contribution in [0.2, 0.25) is 19.0 Å². The summed E-state index contributed by atoms with van der Waals surface area (Å²) in [5, 5.41) is 50.1. The van der Waals surface area contributed by atoms with Gasteiger partial charge in [0.2, 0.25) is 0 Å². The normalized spacial score (nSPS) is 25.3. The van der Waals surface area contributed by atoms with Gasteiger partial charge in [-0.2, -0.15) is 0 Å². The van der Waals surface area contributed by atoms with Gasteiger partial charge in [0.05, 0.1) is 69.1 Å². The number of esters is 2. The molecule has 3 aliphatic heterocycles. The standard InChI is InChI=1S/C25H35BO6.C25H35BO5.C10H10BO7.2CH4.ClO2.3Na/c1-14-15(8-9-17(21(27)28)20(14)22(29)30-23(2,3)4)10-11-26-31-19-13-16-12-18(24(16,5)6)25(19,7)32-26;1-15-16(8-9-17(14-27)21(15)22(28)29-23(2,3)4)10-11-26-30-20-13-18-12-19(24(18,5)6)25(20,7)31-26;12-9(13)6-2-1-5-3-4-11(16,17)18-8(5)7(6)10(14)15;;;2-1-3;;;/h8-9,16,18-19H,10-13H2,1-7H3,(H,27,28);8-9,14,18-20H,10-13H2,1-7H3;1-2,16-17H,3-4H2,(H,12,13)(H,14,15);2*1H4;;;;/q;;-1;;;-1;3*+1/p-2/t16?,18?,19?,25-;18?,19?,20?,25-;;;;;;;/m00......./s1. The Balaban J connectivity index is 0.000000447. The second kappa shape index (κ2) is 31.5. The minimum atomic E-state index is -3.18. The molecule has 0 aromatic heterocycles. The number of aryl methyl sites for hydroxylation is 3. The molecule has 6 aliphatic carbocycles. The summed E-state index contributed by atoms with van der Waals surface area (Å²) >= 11 is -0.417. The summed E-state index contributed by atoms with van der Waals surface area (Å²) in [6.07, 6.45) is 8.40. The molecule has 3 heterocycles. The Labute approximate surface area is 596 Å². The minimum Gasteiger partial charge on any atom is -0.669 e. The van der Waals surface area contributed by atoms with Crippen LogP contribution in [0.3, 0.4) is 0 Å². The molecule has 8 atom stereocenters. The number of carboxylic acid groups (broad SMARTS) is 3. The van der Waals surface area contributed by atoms with Gasteiger partial charge in [-0.25, -0.2) is 14.4 Å². The summed E-state index contributed by atoms with van der Waals surface area (Å²) in [7, 11) is -0.524. The SMILES string of the molecule is C.C.Cc1c(CCB2OC3CC4CC(C4(C)C)[C@]3(C)O2)ccc(C(=O)O)c1C(=O)OC(C)(C)C.Cc1c(CCB2OC3CC4CC(C4(C)C)[C@]3(C)O2)ccc(C=O)c1C(=O)OC(C)(C)C.O=C([O-])c1ccc2c(c1C(=O)[O-])O[B-](O)(O)CC2.[Na+].[Na+].[Na+].[O-][Cl+][O-]. The fourth-order valence-electron chi connectivity index (χ4n) is 14.2. The van der Waals surface area contributed by atoms with E-state index in [1.54, 1.807) is 39.8 Å². The van der Waals surface area contributed by atoms with E-state index >= 15 is 0 Å². The van der Waals surface area contributed by atoms with Crippen molar-refractivity contribution in [2.24, 2.45) is 34.5 Å². The predicted octanol–water partition coefficient (Wildman–Crippen LogP) is -2.87. The van der Waals surface area contributed by atoms with E-state index in [1.807, 2.05) is 33.8 Å². The number of ether oxygens (including phenoxy) is 2. The fraction of sp³-hybridized carbons (Fsp3) is 0.613. The summed E-state index contributed by atoms with van der Waals surface area (Å²) in [5.41, 5.74) is 2.05. The molecule has 0 amide bonds. The van der Waals surface area contributed by atoms with Crippen LogP contribution in [0.1, 0.15) is 214 Å². The molecule has 6 saturated carbocycles. The third-order valence-electron chi connectivity index (χ3n) is 18.8. The van der Waals surface area contributed by atoms with Crippen LogP contribution in [-0.2, 0) is 47.4 Å². The van der Waals surface area contributed by atoms with E-state index < -0.39 is 70.3 Å². The van der Waals surface area contributed by atoms with Gasteiger partial charge in [-0.1, -0.05) is 79.2 Å². The Kier molecular flexibility index (Phi) is 29.3. The van der Waals surface area contributed by atoms with E-state index in [9.17, 15) is 54.1 Å². The topological polar surface area (TPSA) is 320 Å². The molecule has 3 N–H and O–H groups in total. The number of carbonyl (C=O) groups excluding carboxylic acids is 5. The zero-order valence-electron chi connectivity index (χ0n) is 53.5. The van der Waals surface area contributed by atoms with Gasteiger partial charge < -0.3 is 77.0 Å². The van der Waals surface area contributed by atoms with Gasteiger partial charge in [-0.3, -0.25) is 4.79 Å². The Morgan fingerprint density at radius 1 is 0.663 bits per heavy atom. The molecule has 8 fully saturated rings. The Morgan fingerprint density at radius 3 is 1.47 bits per heavy atom. The van der Waals surface area contributed by atoms with Crippen molar-refractivity contribution >= 4 is 57.1 Å². The summed E-state index contributed by atoms with van der Waals surface area (Å²) < 4.78 is 58.0. The molecule has 0 spiro atoms. The molecule has 474 valence electrons. The van der Waals surface area contributed by atoms with Gasteiger partial charge >= 0.3 is 128 Å². The van der Waals surface area contributed by atoms with E-state index in [4.69, 9.17) is 42.1 Å². The van der Waals surface area contributed by atoms with Crippen molar-refractivity contribution in [1.82, 2.24) is 0 Å². The van der Waals surface area contributed by atoms with Crippen LogP contribution in [0.4, 0.5) is 0 Å². The summed E-state index contributed by atoms with van der Waals surface area (Å²) in [5.74, 6) is -3.58. The first-order valence-electron chi connectivity index (χ1n) is 28.7. The van der Waals surface area contributed by atoms with Crippen molar-refractivity contribution in [1.29, 1.82) is 0 Å². The smallest absolute Gasteiger partial charge is 0.669 e. The molecule has 3 aromatic carbocycles. The molecule has 2 saturated heterocycles. The first-order chi connectivity index (χ1) is 38.8. The Morgan fingerprint density at radius 2 is 1.08 bits per heavy atom. The third kappa shape index (κ3) is 17.8. The van der Waals surface area contributed by atoms with E-state index in [2.05, 4.69) is 41.5 Å². The molecule has 0 radical (unpaired) electrons. The molecular formula is C62H86B3ClNa3O20-. The maximum atomic E-state index is 12.8. The summed E-state index contributed by atoms with van der Waals surface area (Å²) in [6.45, 7) is 25.1.